The number of hydrogen-bond donors (Lipinski definition) is 2. The van der Waals surface area contributed by atoms with Crippen LogP contribution in [-0.2, 0) is 9.53 Å². The first-order valence-electron chi connectivity index (χ1n) is 7.32. The van der Waals surface area contributed by atoms with Gasteiger partial charge >= 0.3 is 5.97 Å². The molecule has 0 heterocycles. The van der Waals surface area contributed by atoms with Crippen molar-refractivity contribution in [3.8, 4) is 0 Å². The van der Waals surface area contributed by atoms with Crippen molar-refractivity contribution in [3.63, 3.8) is 0 Å². The standard InChI is InChI=1S/C16H23ClO4/c1-2-3-4-9-15(19)21-11-10-14(18)16(20)12-7-5-6-8-13(12)17/h5-8,14,16,18,20H,2-4,9-11H2,1H3/t14-,16-/m0/s1. The van der Waals surface area contributed by atoms with Gasteiger partial charge in [0.2, 0.25) is 0 Å². The van der Waals surface area contributed by atoms with E-state index in [9.17, 15) is 15.0 Å². The van der Waals surface area contributed by atoms with Gasteiger partial charge < -0.3 is 14.9 Å². The second kappa shape index (κ2) is 9.77. The number of benzene rings is 1. The fraction of sp³-hybridized carbons (Fsp3) is 0.562. The van der Waals surface area contributed by atoms with E-state index in [2.05, 4.69) is 6.92 Å². The van der Waals surface area contributed by atoms with Crippen molar-refractivity contribution in [1.82, 2.24) is 0 Å². The highest BCUT2D eigenvalue weighted by Gasteiger charge is 2.20. The molecule has 4 nitrogen and oxygen atoms in total. The van der Waals surface area contributed by atoms with Crippen molar-refractivity contribution in [3.05, 3.63) is 34.9 Å². The molecule has 1 aromatic rings. The number of ether oxygens (including phenoxy) is 1. The maximum atomic E-state index is 11.4. The Kier molecular flexibility index (Phi) is 8.35. The van der Waals surface area contributed by atoms with Crippen molar-refractivity contribution in [2.75, 3.05) is 6.61 Å². The van der Waals surface area contributed by atoms with Crippen LogP contribution in [0.15, 0.2) is 24.3 Å². The van der Waals surface area contributed by atoms with Gasteiger partial charge in [-0.15, -0.1) is 0 Å². The Morgan fingerprint density at radius 2 is 2.00 bits per heavy atom. The Hall–Kier alpha value is -1.10. The molecule has 0 bridgehead atoms. The monoisotopic (exact) mass is 314 g/mol. The Morgan fingerprint density at radius 1 is 1.29 bits per heavy atom. The topological polar surface area (TPSA) is 66.8 Å². The molecule has 1 aromatic carbocycles. The van der Waals surface area contributed by atoms with Crippen molar-refractivity contribution in [2.24, 2.45) is 0 Å². The molecule has 2 N–H and O–H groups in total. The molecule has 118 valence electrons. The minimum Gasteiger partial charge on any atom is -0.466 e. The number of rotatable bonds is 9. The molecule has 0 radical (unpaired) electrons. The molecule has 5 heteroatoms. The van der Waals surface area contributed by atoms with E-state index in [0.717, 1.165) is 19.3 Å². The summed E-state index contributed by atoms with van der Waals surface area (Å²) < 4.78 is 5.03. The summed E-state index contributed by atoms with van der Waals surface area (Å²) in [6.45, 7) is 2.16. The van der Waals surface area contributed by atoms with Gasteiger partial charge in [0.15, 0.2) is 0 Å². The number of halogens is 1. The zero-order chi connectivity index (χ0) is 15.7. The zero-order valence-electron chi connectivity index (χ0n) is 12.3. The lowest BCUT2D eigenvalue weighted by atomic mass is 10.0. The Bertz CT molecular complexity index is 436. The molecule has 0 spiro atoms. The highest BCUT2D eigenvalue weighted by atomic mass is 35.5. The Labute approximate surface area is 130 Å². The maximum Gasteiger partial charge on any atom is 0.305 e. The molecule has 2 atom stereocenters. The fourth-order valence-corrected chi connectivity index (χ4v) is 2.21. The predicted octanol–water partition coefficient (Wildman–Crippen LogP) is 3.25. The van der Waals surface area contributed by atoms with E-state index in [-0.39, 0.29) is 19.0 Å². The van der Waals surface area contributed by atoms with Crippen LogP contribution >= 0.6 is 11.6 Å². The second-order valence-corrected chi connectivity index (χ2v) is 5.41. The van der Waals surface area contributed by atoms with Crippen LogP contribution in [0.4, 0.5) is 0 Å². The summed E-state index contributed by atoms with van der Waals surface area (Å²) in [6, 6.07) is 6.81. The molecule has 0 saturated heterocycles. The lowest BCUT2D eigenvalue weighted by Crippen LogP contribution is -2.21. The van der Waals surface area contributed by atoms with Crippen LogP contribution in [0.2, 0.25) is 5.02 Å². The van der Waals surface area contributed by atoms with Crippen LogP contribution in [0.1, 0.15) is 50.7 Å². The molecule has 1 rings (SSSR count). The molecular formula is C16H23ClO4. The summed E-state index contributed by atoms with van der Waals surface area (Å²) in [4.78, 5) is 11.4. The van der Waals surface area contributed by atoms with Gasteiger partial charge in [0, 0.05) is 23.4 Å². The summed E-state index contributed by atoms with van der Waals surface area (Å²) in [5.74, 6) is -0.261. The summed E-state index contributed by atoms with van der Waals surface area (Å²) in [7, 11) is 0. The van der Waals surface area contributed by atoms with Crippen LogP contribution in [0.3, 0.4) is 0 Å². The third-order valence-electron chi connectivity index (χ3n) is 3.25. The Morgan fingerprint density at radius 3 is 2.67 bits per heavy atom. The molecular weight excluding hydrogens is 292 g/mol. The molecule has 0 saturated carbocycles. The van der Waals surface area contributed by atoms with Gasteiger partial charge in [-0.25, -0.2) is 0 Å². The maximum absolute atomic E-state index is 11.4. The highest BCUT2D eigenvalue weighted by Crippen LogP contribution is 2.26. The number of hydrogen-bond acceptors (Lipinski definition) is 4. The van der Waals surface area contributed by atoms with E-state index >= 15 is 0 Å². The predicted molar refractivity (Wildman–Crippen MR) is 82.1 cm³/mol. The number of carbonyl (C=O) groups is 1. The van der Waals surface area contributed by atoms with Gasteiger partial charge in [0.1, 0.15) is 6.10 Å². The van der Waals surface area contributed by atoms with Gasteiger partial charge in [-0.05, 0) is 12.5 Å². The van der Waals surface area contributed by atoms with E-state index in [1.165, 1.54) is 0 Å². The average Bonchev–Trinajstić information content (AvgIpc) is 2.47. The van der Waals surface area contributed by atoms with Crippen LogP contribution in [0, 0.1) is 0 Å². The van der Waals surface area contributed by atoms with E-state index < -0.39 is 12.2 Å². The first-order chi connectivity index (χ1) is 10.1. The van der Waals surface area contributed by atoms with Crippen LogP contribution in [0.5, 0.6) is 0 Å². The third-order valence-corrected chi connectivity index (χ3v) is 3.59. The molecule has 0 aromatic heterocycles. The highest BCUT2D eigenvalue weighted by molar-refractivity contribution is 6.31. The minimum atomic E-state index is -1.09. The van der Waals surface area contributed by atoms with E-state index in [1.54, 1.807) is 24.3 Å². The quantitative estimate of drug-likeness (QED) is 0.542. The van der Waals surface area contributed by atoms with Gasteiger partial charge in [0.05, 0.1) is 12.7 Å². The second-order valence-electron chi connectivity index (χ2n) is 5.00. The van der Waals surface area contributed by atoms with E-state index in [1.807, 2.05) is 0 Å². The number of carbonyl (C=O) groups excluding carboxylic acids is 1. The molecule has 21 heavy (non-hydrogen) atoms. The van der Waals surface area contributed by atoms with Gasteiger partial charge in [-0.2, -0.15) is 0 Å². The number of unbranched alkanes of at least 4 members (excludes halogenated alkanes) is 2. The SMILES string of the molecule is CCCCCC(=O)OCC[C@H](O)[C@@H](O)c1ccccc1Cl. The summed E-state index contributed by atoms with van der Waals surface area (Å²) in [5, 5.41) is 20.4. The van der Waals surface area contributed by atoms with Gasteiger partial charge in [-0.1, -0.05) is 49.6 Å². The van der Waals surface area contributed by atoms with Crippen molar-refractivity contribution in [1.29, 1.82) is 0 Å². The first-order valence-corrected chi connectivity index (χ1v) is 7.70. The average molecular weight is 315 g/mol. The number of aliphatic hydroxyl groups is 2. The Balaban J connectivity index is 2.32. The van der Waals surface area contributed by atoms with Crippen LogP contribution < -0.4 is 0 Å². The van der Waals surface area contributed by atoms with Crippen LogP contribution in [-0.4, -0.2) is 28.9 Å². The number of esters is 1. The normalized spacial score (nSPS) is 13.7. The molecule has 0 aliphatic heterocycles. The molecule has 0 aliphatic carbocycles. The van der Waals surface area contributed by atoms with Gasteiger partial charge in [-0.3, -0.25) is 4.79 Å². The lowest BCUT2D eigenvalue weighted by molar-refractivity contribution is -0.145. The summed E-state index contributed by atoms with van der Waals surface area (Å²) in [5.41, 5.74) is 0.473. The summed E-state index contributed by atoms with van der Waals surface area (Å²) >= 11 is 5.96. The van der Waals surface area contributed by atoms with Crippen molar-refractivity contribution >= 4 is 17.6 Å². The third kappa shape index (κ3) is 6.46. The van der Waals surface area contributed by atoms with Crippen LogP contribution in [0.25, 0.3) is 0 Å². The fourth-order valence-electron chi connectivity index (χ4n) is 1.97. The molecule has 0 amide bonds. The molecule has 0 fully saturated rings. The first kappa shape index (κ1) is 18.0. The largest absolute Gasteiger partial charge is 0.466 e. The summed E-state index contributed by atoms with van der Waals surface area (Å²) in [6.07, 6.45) is 1.34. The number of aliphatic hydroxyl groups excluding tert-OH is 2. The van der Waals surface area contributed by atoms with Gasteiger partial charge in [0.25, 0.3) is 0 Å². The minimum absolute atomic E-state index is 0.0909. The lowest BCUT2D eigenvalue weighted by Gasteiger charge is -2.19. The molecule has 0 unspecified atom stereocenters. The van der Waals surface area contributed by atoms with Crippen molar-refractivity contribution < 1.29 is 19.7 Å². The smallest absolute Gasteiger partial charge is 0.305 e. The van der Waals surface area contributed by atoms with Crippen molar-refractivity contribution in [2.45, 2.75) is 51.2 Å². The van der Waals surface area contributed by atoms with E-state index in [4.69, 9.17) is 16.3 Å². The van der Waals surface area contributed by atoms with E-state index in [0.29, 0.717) is 17.0 Å². The molecule has 0 aliphatic rings. The zero-order valence-corrected chi connectivity index (χ0v) is 13.1.